The first-order chi connectivity index (χ1) is 6.88. The molecule has 1 saturated heterocycles. The molecule has 0 bridgehead atoms. The molecule has 1 aliphatic heterocycles. The Hall–Kier alpha value is -0.820. The van der Waals surface area contributed by atoms with Crippen molar-refractivity contribution in [3.05, 3.63) is 0 Å². The van der Waals surface area contributed by atoms with Crippen LogP contribution in [0, 0.1) is 0 Å². The normalized spacial score (nSPS) is 26.9. The van der Waals surface area contributed by atoms with Gasteiger partial charge in [-0.15, -0.1) is 0 Å². The highest BCUT2D eigenvalue weighted by molar-refractivity contribution is 5.72. The standard InChI is InChI=1S/C8H12F3NO3/c9-8(10,11)4-12-3-5-1-2-6(15-5)7(13)14/h5-6,12H,1-4H2,(H,13,14). The highest BCUT2D eigenvalue weighted by atomic mass is 19.4. The van der Waals surface area contributed by atoms with Crippen LogP contribution in [0.2, 0.25) is 0 Å². The lowest BCUT2D eigenvalue weighted by Gasteiger charge is -2.13. The zero-order valence-corrected chi connectivity index (χ0v) is 7.88. The molecule has 2 N–H and O–H groups in total. The van der Waals surface area contributed by atoms with Crippen LogP contribution in [0.25, 0.3) is 0 Å². The zero-order chi connectivity index (χ0) is 11.5. The van der Waals surface area contributed by atoms with Gasteiger partial charge in [0, 0.05) is 6.54 Å². The van der Waals surface area contributed by atoms with E-state index in [-0.39, 0.29) is 6.54 Å². The van der Waals surface area contributed by atoms with Gasteiger partial charge in [0.1, 0.15) is 0 Å². The maximum atomic E-state index is 11.7. The average Bonchev–Trinajstić information content (AvgIpc) is 2.50. The fraction of sp³-hybridized carbons (Fsp3) is 0.875. The molecule has 0 saturated carbocycles. The van der Waals surface area contributed by atoms with Crippen LogP contribution in [-0.2, 0) is 9.53 Å². The second-order valence-electron chi connectivity index (χ2n) is 3.41. The van der Waals surface area contributed by atoms with E-state index in [1.807, 2.05) is 0 Å². The van der Waals surface area contributed by atoms with Crippen LogP contribution in [0.3, 0.4) is 0 Å². The smallest absolute Gasteiger partial charge is 0.401 e. The molecule has 88 valence electrons. The Kier molecular flexibility index (Phi) is 3.92. The van der Waals surface area contributed by atoms with Crippen molar-refractivity contribution < 1.29 is 27.8 Å². The Morgan fingerprint density at radius 3 is 2.60 bits per heavy atom. The van der Waals surface area contributed by atoms with Crippen LogP contribution in [0.1, 0.15) is 12.8 Å². The molecule has 0 radical (unpaired) electrons. The molecule has 7 heteroatoms. The van der Waals surface area contributed by atoms with E-state index in [9.17, 15) is 18.0 Å². The molecule has 4 nitrogen and oxygen atoms in total. The number of aliphatic carboxylic acids is 1. The van der Waals surface area contributed by atoms with Crippen molar-refractivity contribution in [1.82, 2.24) is 5.32 Å². The quantitative estimate of drug-likeness (QED) is 0.744. The topological polar surface area (TPSA) is 58.6 Å². The minimum atomic E-state index is -4.25. The van der Waals surface area contributed by atoms with Gasteiger partial charge >= 0.3 is 12.1 Å². The maximum absolute atomic E-state index is 11.7. The number of halogens is 3. The molecule has 0 amide bonds. The first-order valence-electron chi connectivity index (χ1n) is 4.54. The van der Waals surface area contributed by atoms with Gasteiger partial charge in [-0.1, -0.05) is 0 Å². The number of carboxylic acid groups (broad SMARTS) is 1. The number of rotatable bonds is 4. The average molecular weight is 227 g/mol. The van der Waals surface area contributed by atoms with Gasteiger partial charge in [0.2, 0.25) is 0 Å². The summed E-state index contributed by atoms with van der Waals surface area (Å²) in [6.45, 7) is -1.05. The largest absolute Gasteiger partial charge is 0.479 e. The van der Waals surface area contributed by atoms with Gasteiger partial charge in [0.25, 0.3) is 0 Å². The number of hydrogen-bond donors (Lipinski definition) is 2. The molecule has 0 aliphatic carbocycles. The number of nitrogens with one attached hydrogen (secondary N) is 1. The van der Waals surface area contributed by atoms with Crippen molar-refractivity contribution in [2.75, 3.05) is 13.1 Å². The highest BCUT2D eigenvalue weighted by Crippen LogP contribution is 2.19. The van der Waals surface area contributed by atoms with E-state index in [0.717, 1.165) is 0 Å². The van der Waals surface area contributed by atoms with E-state index in [0.29, 0.717) is 12.8 Å². The molecule has 1 heterocycles. The first kappa shape index (κ1) is 12.3. The predicted octanol–water partition coefficient (Wildman–Crippen LogP) is 0.770. The Morgan fingerprint density at radius 1 is 1.47 bits per heavy atom. The lowest BCUT2D eigenvalue weighted by atomic mass is 10.2. The second kappa shape index (κ2) is 4.80. The van der Waals surface area contributed by atoms with Gasteiger partial charge in [-0.25, -0.2) is 4.79 Å². The zero-order valence-electron chi connectivity index (χ0n) is 7.88. The number of hydrogen-bond acceptors (Lipinski definition) is 3. The van der Waals surface area contributed by atoms with Crippen molar-refractivity contribution in [2.24, 2.45) is 0 Å². The highest BCUT2D eigenvalue weighted by Gasteiger charge is 2.31. The van der Waals surface area contributed by atoms with Crippen LogP contribution < -0.4 is 5.32 Å². The van der Waals surface area contributed by atoms with Crippen molar-refractivity contribution in [1.29, 1.82) is 0 Å². The third kappa shape index (κ3) is 4.48. The summed E-state index contributed by atoms with van der Waals surface area (Å²) in [7, 11) is 0. The van der Waals surface area contributed by atoms with Crippen LogP contribution in [-0.4, -0.2) is 42.5 Å². The summed E-state index contributed by atoms with van der Waals surface area (Å²) in [6.07, 6.45) is -4.73. The van der Waals surface area contributed by atoms with Gasteiger partial charge in [0.15, 0.2) is 6.10 Å². The SMILES string of the molecule is O=C(O)C1CCC(CNCC(F)(F)F)O1. The van der Waals surface area contributed by atoms with Crippen molar-refractivity contribution >= 4 is 5.97 Å². The third-order valence-electron chi connectivity index (χ3n) is 2.08. The van der Waals surface area contributed by atoms with E-state index in [1.54, 1.807) is 0 Å². The van der Waals surface area contributed by atoms with Crippen LogP contribution in [0.4, 0.5) is 13.2 Å². The molecule has 15 heavy (non-hydrogen) atoms. The van der Waals surface area contributed by atoms with Crippen molar-refractivity contribution in [3.8, 4) is 0 Å². The number of ether oxygens (including phenoxy) is 1. The third-order valence-corrected chi connectivity index (χ3v) is 2.08. The van der Waals surface area contributed by atoms with Crippen molar-refractivity contribution in [2.45, 2.75) is 31.2 Å². The lowest BCUT2D eigenvalue weighted by molar-refractivity contribution is -0.149. The number of carboxylic acids is 1. The minimum absolute atomic E-state index is 0.0310. The monoisotopic (exact) mass is 227 g/mol. The number of carbonyl (C=O) groups is 1. The summed E-state index contributed by atoms with van der Waals surface area (Å²) in [5.74, 6) is -1.06. The molecule has 0 spiro atoms. The van der Waals surface area contributed by atoms with Crippen LogP contribution in [0.15, 0.2) is 0 Å². The van der Waals surface area contributed by atoms with Gasteiger partial charge in [-0.2, -0.15) is 13.2 Å². The van der Waals surface area contributed by atoms with E-state index in [1.165, 1.54) is 0 Å². The summed E-state index contributed by atoms with van der Waals surface area (Å²) >= 11 is 0. The van der Waals surface area contributed by atoms with Gasteiger partial charge in [-0.05, 0) is 12.8 Å². The van der Waals surface area contributed by atoms with E-state index in [2.05, 4.69) is 5.32 Å². The summed E-state index contributed by atoms with van der Waals surface area (Å²) < 4.78 is 40.2. The summed E-state index contributed by atoms with van der Waals surface area (Å²) in [6, 6.07) is 0. The van der Waals surface area contributed by atoms with Crippen molar-refractivity contribution in [3.63, 3.8) is 0 Å². The fourth-order valence-corrected chi connectivity index (χ4v) is 1.41. The molecule has 1 aliphatic rings. The van der Waals surface area contributed by atoms with Gasteiger partial charge < -0.3 is 15.2 Å². The van der Waals surface area contributed by atoms with Gasteiger partial charge in [0.05, 0.1) is 12.6 Å². The minimum Gasteiger partial charge on any atom is -0.479 e. The molecular weight excluding hydrogens is 215 g/mol. The summed E-state index contributed by atoms with van der Waals surface area (Å²) in [4.78, 5) is 10.5. The molecule has 0 aromatic carbocycles. The van der Waals surface area contributed by atoms with E-state index in [4.69, 9.17) is 9.84 Å². The molecular formula is C8H12F3NO3. The Labute approximate surface area is 84.4 Å². The summed E-state index contributed by atoms with van der Waals surface area (Å²) in [5, 5.41) is 10.7. The molecule has 1 fully saturated rings. The van der Waals surface area contributed by atoms with Crippen LogP contribution >= 0.6 is 0 Å². The van der Waals surface area contributed by atoms with E-state index < -0.39 is 30.9 Å². The Morgan fingerprint density at radius 2 is 2.13 bits per heavy atom. The second-order valence-corrected chi connectivity index (χ2v) is 3.41. The Balaban J connectivity index is 2.17. The number of alkyl halides is 3. The van der Waals surface area contributed by atoms with Crippen LogP contribution in [0.5, 0.6) is 0 Å². The van der Waals surface area contributed by atoms with E-state index >= 15 is 0 Å². The molecule has 1 rings (SSSR count). The maximum Gasteiger partial charge on any atom is 0.401 e. The lowest BCUT2D eigenvalue weighted by Crippen LogP contribution is -2.35. The molecule has 0 aromatic rings. The molecule has 0 aromatic heterocycles. The predicted molar refractivity (Wildman–Crippen MR) is 44.5 cm³/mol. The van der Waals surface area contributed by atoms with Gasteiger partial charge in [-0.3, -0.25) is 0 Å². The Bertz CT molecular complexity index is 232. The molecule has 2 unspecified atom stereocenters. The fourth-order valence-electron chi connectivity index (χ4n) is 1.41. The summed E-state index contributed by atoms with van der Waals surface area (Å²) in [5.41, 5.74) is 0. The first-order valence-corrected chi connectivity index (χ1v) is 4.54. The molecule has 2 atom stereocenters.